The molecule has 0 radical (unpaired) electrons. The summed E-state index contributed by atoms with van der Waals surface area (Å²) in [6, 6.07) is 7.69. The molecule has 12 nitrogen and oxygen atoms in total. The van der Waals surface area contributed by atoms with Gasteiger partial charge in [0.05, 0.1) is 18.2 Å². The zero-order valence-electron chi connectivity index (χ0n) is 22.9. The number of amides is 3. The summed E-state index contributed by atoms with van der Waals surface area (Å²) in [6.45, 7) is 6.48. The molecule has 0 spiro atoms. The fourth-order valence-corrected chi connectivity index (χ4v) is 5.49. The van der Waals surface area contributed by atoms with Crippen molar-refractivity contribution in [1.82, 2.24) is 35.0 Å². The van der Waals surface area contributed by atoms with Crippen LogP contribution >= 0.6 is 0 Å². The molecule has 1 aromatic carbocycles. The van der Waals surface area contributed by atoms with Gasteiger partial charge in [0, 0.05) is 45.1 Å². The Morgan fingerprint density at radius 3 is 2.75 bits per heavy atom. The smallest absolute Gasteiger partial charge is 0.259 e. The second-order valence-corrected chi connectivity index (χ2v) is 10.3. The topological polar surface area (TPSA) is 136 Å². The molecule has 4 heterocycles. The van der Waals surface area contributed by atoms with E-state index in [1.807, 2.05) is 24.3 Å². The van der Waals surface area contributed by atoms with E-state index in [0.29, 0.717) is 87.9 Å². The molecule has 5 rings (SSSR count). The van der Waals surface area contributed by atoms with E-state index in [-0.39, 0.29) is 29.6 Å². The molecule has 2 aliphatic heterocycles. The number of aryl methyl sites for hydroxylation is 3. The molecule has 40 heavy (non-hydrogen) atoms. The van der Waals surface area contributed by atoms with Gasteiger partial charge < -0.3 is 24.4 Å². The van der Waals surface area contributed by atoms with Crippen LogP contribution in [0.3, 0.4) is 0 Å². The van der Waals surface area contributed by atoms with Gasteiger partial charge in [0.25, 0.3) is 5.91 Å². The van der Waals surface area contributed by atoms with E-state index in [2.05, 4.69) is 20.6 Å². The van der Waals surface area contributed by atoms with Gasteiger partial charge in [-0.05, 0) is 44.4 Å². The van der Waals surface area contributed by atoms with Crippen LogP contribution in [-0.4, -0.2) is 86.8 Å². The molecule has 12 heteroatoms. The number of fused-ring (bicyclic) bond motifs is 4. The van der Waals surface area contributed by atoms with E-state index >= 15 is 0 Å². The van der Waals surface area contributed by atoms with Crippen molar-refractivity contribution in [3.05, 3.63) is 59.5 Å². The SMILES string of the molecule is Cc1noc(C)c1C(=O)N1CCCNC(=O)[C@H]2CN(C(=O)CCCn3cncn3)C[C@@H]2c2cccc(c2)OCC1. The highest BCUT2D eigenvalue weighted by Crippen LogP contribution is 2.35. The minimum Gasteiger partial charge on any atom is -0.492 e. The number of aromatic nitrogens is 4. The molecule has 1 fully saturated rings. The predicted molar refractivity (Wildman–Crippen MR) is 144 cm³/mol. The predicted octanol–water partition coefficient (Wildman–Crippen LogP) is 1.95. The lowest BCUT2D eigenvalue weighted by atomic mass is 9.88. The molecule has 0 saturated carbocycles. The van der Waals surface area contributed by atoms with Crippen LogP contribution in [0.2, 0.25) is 0 Å². The van der Waals surface area contributed by atoms with Crippen LogP contribution in [0.25, 0.3) is 0 Å². The third-order valence-electron chi connectivity index (χ3n) is 7.61. The first-order valence-electron chi connectivity index (χ1n) is 13.7. The number of hydrogen-bond donors (Lipinski definition) is 1. The number of nitrogens with one attached hydrogen (secondary N) is 1. The number of benzene rings is 1. The standard InChI is InChI=1S/C28H35N7O5/c1-19-26(20(2)40-32-19)28(38)33-10-5-9-30-27(37)24-16-34(25(36)8-4-11-35-18-29-17-31-35)15-23(24)21-6-3-7-22(14-21)39-13-12-33/h3,6-7,14,17-18,23-24H,4-5,8-13,15-16H2,1-2H3,(H,30,37)/t23-,24+/m1/s1. The lowest BCUT2D eigenvalue weighted by Gasteiger charge is -2.24. The molecule has 3 amide bonds. The number of likely N-dealkylation sites (tertiary alicyclic amines) is 1. The highest BCUT2D eigenvalue weighted by Gasteiger charge is 2.40. The zero-order valence-corrected chi connectivity index (χ0v) is 22.9. The molecule has 2 bridgehead atoms. The largest absolute Gasteiger partial charge is 0.492 e. The van der Waals surface area contributed by atoms with Gasteiger partial charge >= 0.3 is 0 Å². The second-order valence-electron chi connectivity index (χ2n) is 10.3. The summed E-state index contributed by atoms with van der Waals surface area (Å²) in [4.78, 5) is 47.2. The molecule has 3 aromatic rings. The third-order valence-corrected chi connectivity index (χ3v) is 7.61. The van der Waals surface area contributed by atoms with Crippen LogP contribution in [0.15, 0.2) is 41.4 Å². The monoisotopic (exact) mass is 549 g/mol. The van der Waals surface area contributed by atoms with Crippen molar-refractivity contribution in [2.45, 2.75) is 45.6 Å². The van der Waals surface area contributed by atoms with Gasteiger partial charge in [0.2, 0.25) is 11.8 Å². The van der Waals surface area contributed by atoms with E-state index in [1.54, 1.807) is 34.7 Å². The van der Waals surface area contributed by atoms with Crippen LogP contribution < -0.4 is 10.1 Å². The summed E-state index contributed by atoms with van der Waals surface area (Å²) in [5.41, 5.74) is 1.97. The van der Waals surface area contributed by atoms with Gasteiger partial charge in [-0.15, -0.1) is 0 Å². The number of ether oxygens (including phenoxy) is 1. The Balaban J connectivity index is 1.28. The van der Waals surface area contributed by atoms with Crippen LogP contribution in [0.5, 0.6) is 5.75 Å². The van der Waals surface area contributed by atoms with Gasteiger partial charge in [-0.25, -0.2) is 4.98 Å². The molecule has 2 atom stereocenters. The Hall–Kier alpha value is -4.22. The molecular weight excluding hydrogens is 514 g/mol. The van der Waals surface area contributed by atoms with Crippen molar-refractivity contribution in [3.8, 4) is 5.75 Å². The van der Waals surface area contributed by atoms with Gasteiger partial charge in [-0.1, -0.05) is 17.3 Å². The molecule has 0 unspecified atom stereocenters. The van der Waals surface area contributed by atoms with Crippen LogP contribution in [0.4, 0.5) is 0 Å². The van der Waals surface area contributed by atoms with Crippen molar-refractivity contribution in [1.29, 1.82) is 0 Å². The number of hydrogen-bond acceptors (Lipinski definition) is 8. The van der Waals surface area contributed by atoms with Crippen LogP contribution in [0, 0.1) is 19.8 Å². The summed E-state index contributed by atoms with van der Waals surface area (Å²) >= 11 is 0. The van der Waals surface area contributed by atoms with Crippen molar-refractivity contribution in [2.75, 3.05) is 39.3 Å². The Morgan fingerprint density at radius 1 is 1.12 bits per heavy atom. The van der Waals surface area contributed by atoms with Gasteiger partial charge in [0.15, 0.2) is 0 Å². The lowest BCUT2D eigenvalue weighted by molar-refractivity contribution is -0.130. The molecule has 2 aromatic heterocycles. The van der Waals surface area contributed by atoms with Crippen molar-refractivity contribution < 1.29 is 23.6 Å². The van der Waals surface area contributed by atoms with E-state index in [1.165, 1.54) is 6.33 Å². The number of carbonyl (C=O) groups excluding carboxylic acids is 3. The average Bonchev–Trinajstić information content (AvgIpc) is 3.70. The van der Waals surface area contributed by atoms with E-state index in [4.69, 9.17) is 9.26 Å². The summed E-state index contributed by atoms with van der Waals surface area (Å²) < 4.78 is 13.0. The highest BCUT2D eigenvalue weighted by molar-refractivity contribution is 5.96. The summed E-state index contributed by atoms with van der Waals surface area (Å²) in [7, 11) is 0. The Kier molecular flexibility index (Phi) is 8.42. The zero-order chi connectivity index (χ0) is 28.1. The highest BCUT2D eigenvalue weighted by atomic mass is 16.5. The fourth-order valence-electron chi connectivity index (χ4n) is 5.49. The number of nitrogens with zero attached hydrogens (tertiary/aromatic N) is 6. The lowest BCUT2D eigenvalue weighted by Crippen LogP contribution is -2.39. The Morgan fingerprint density at radius 2 is 1.98 bits per heavy atom. The summed E-state index contributed by atoms with van der Waals surface area (Å²) in [5.74, 6) is 0.403. The van der Waals surface area contributed by atoms with Gasteiger partial charge in [0.1, 0.15) is 36.3 Å². The molecule has 212 valence electrons. The molecule has 2 aliphatic rings. The van der Waals surface area contributed by atoms with Gasteiger partial charge in [-0.2, -0.15) is 5.10 Å². The minimum atomic E-state index is -0.377. The summed E-state index contributed by atoms with van der Waals surface area (Å²) in [6.07, 6.45) is 4.71. The first-order valence-corrected chi connectivity index (χ1v) is 13.7. The van der Waals surface area contributed by atoms with E-state index < -0.39 is 0 Å². The summed E-state index contributed by atoms with van der Waals surface area (Å²) in [5, 5.41) is 11.1. The van der Waals surface area contributed by atoms with Gasteiger partial charge in [-0.3, -0.25) is 19.1 Å². The quantitative estimate of drug-likeness (QED) is 0.510. The van der Waals surface area contributed by atoms with E-state index in [0.717, 1.165) is 5.56 Å². The van der Waals surface area contributed by atoms with Crippen molar-refractivity contribution in [2.24, 2.45) is 5.92 Å². The maximum absolute atomic E-state index is 13.4. The molecule has 1 saturated heterocycles. The van der Waals surface area contributed by atoms with E-state index in [9.17, 15) is 14.4 Å². The van der Waals surface area contributed by atoms with Crippen molar-refractivity contribution >= 4 is 17.7 Å². The first-order chi connectivity index (χ1) is 19.4. The normalized spacial score (nSPS) is 19.9. The first kappa shape index (κ1) is 27.4. The maximum atomic E-state index is 13.4. The van der Waals surface area contributed by atoms with Crippen molar-refractivity contribution in [3.63, 3.8) is 0 Å². The molecular formula is C28H35N7O5. The maximum Gasteiger partial charge on any atom is 0.259 e. The second kappa shape index (κ2) is 12.3. The molecule has 1 N–H and O–H groups in total. The van der Waals surface area contributed by atoms with Crippen LogP contribution in [-0.2, 0) is 16.1 Å². The number of rotatable bonds is 5. The number of carbonyl (C=O) groups is 3. The molecule has 0 aliphatic carbocycles. The Bertz CT molecular complexity index is 1320. The van der Waals surface area contributed by atoms with Crippen LogP contribution in [0.1, 0.15) is 52.6 Å². The average molecular weight is 550 g/mol. The minimum absolute atomic E-state index is 0.0270. The fraction of sp³-hybridized carbons (Fsp3) is 0.500. The Labute approximate surface area is 232 Å². The third kappa shape index (κ3) is 6.16.